The Kier molecular flexibility index (Phi) is 2.83. The lowest BCUT2D eigenvalue weighted by molar-refractivity contribution is -0.171. The molecule has 1 spiro atoms. The summed E-state index contributed by atoms with van der Waals surface area (Å²) in [6.45, 7) is 13.8. The SMILES string of the molecule is C=C(C)[C@@H]1CCC(=C)[C@H]2[C@H]1C=C(C)C(=O)[C@]13C[C@@]1(C)OC(=O)[C@@]23O. The first-order valence-corrected chi connectivity index (χ1v) is 8.62. The minimum Gasteiger partial charge on any atom is -0.456 e. The van der Waals surface area contributed by atoms with Crippen molar-refractivity contribution in [3.05, 3.63) is 36.0 Å². The van der Waals surface area contributed by atoms with E-state index in [-0.39, 0.29) is 17.6 Å². The number of ether oxygens (including phenoxy) is 1. The Morgan fingerprint density at radius 3 is 2.71 bits per heavy atom. The van der Waals surface area contributed by atoms with E-state index in [1.165, 1.54) is 0 Å². The van der Waals surface area contributed by atoms with Gasteiger partial charge in [0.25, 0.3) is 0 Å². The average Bonchev–Trinajstić information content (AvgIpc) is 3.08. The summed E-state index contributed by atoms with van der Waals surface area (Å²) in [4.78, 5) is 25.9. The number of carbonyl (C=O) groups excluding carboxylic acids is 2. The quantitative estimate of drug-likeness (QED) is 0.594. The summed E-state index contributed by atoms with van der Waals surface area (Å²) < 4.78 is 5.53. The zero-order valence-electron chi connectivity index (χ0n) is 14.5. The lowest BCUT2D eigenvalue weighted by atomic mass is 9.59. The monoisotopic (exact) mass is 328 g/mol. The van der Waals surface area contributed by atoms with Gasteiger partial charge >= 0.3 is 5.97 Å². The number of hydrogen-bond donors (Lipinski definition) is 1. The summed E-state index contributed by atoms with van der Waals surface area (Å²) in [5, 5.41) is 11.7. The van der Waals surface area contributed by atoms with Gasteiger partial charge in [-0.1, -0.05) is 30.4 Å². The molecule has 2 saturated carbocycles. The lowest BCUT2D eigenvalue weighted by Crippen LogP contribution is -2.57. The van der Waals surface area contributed by atoms with Crippen molar-refractivity contribution < 1.29 is 19.4 Å². The summed E-state index contributed by atoms with van der Waals surface area (Å²) in [5.74, 6) is -1.33. The molecule has 24 heavy (non-hydrogen) atoms. The molecule has 3 aliphatic carbocycles. The van der Waals surface area contributed by atoms with Crippen molar-refractivity contribution >= 4 is 11.8 Å². The van der Waals surface area contributed by atoms with Gasteiger partial charge in [0.1, 0.15) is 11.0 Å². The third kappa shape index (κ3) is 1.45. The first-order valence-electron chi connectivity index (χ1n) is 8.62. The topological polar surface area (TPSA) is 63.6 Å². The van der Waals surface area contributed by atoms with E-state index in [1.807, 2.05) is 13.0 Å². The number of rotatable bonds is 1. The number of ketones is 1. The van der Waals surface area contributed by atoms with Gasteiger partial charge in [-0.3, -0.25) is 4.79 Å². The molecule has 4 aliphatic rings. The Hall–Kier alpha value is -1.68. The lowest BCUT2D eigenvalue weighted by Gasteiger charge is -2.45. The standard InChI is InChI=1S/C20H24O4/c1-10(2)13-7-6-11(3)15-14(13)8-12(4)16(21)19-9-18(19,5)24-17(22)20(15,19)23/h8,13-15,23H,1,3,6-7,9H2,2,4-5H3/t13-,14-,15-,18+,19+,20-/m0/s1. The van der Waals surface area contributed by atoms with Gasteiger partial charge in [0.2, 0.25) is 0 Å². The van der Waals surface area contributed by atoms with Crippen molar-refractivity contribution in [2.75, 3.05) is 0 Å². The van der Waals surface area contributed by atoms with E-state index in [9.17, 15) is 14.7 Å². The van der Waals surface area contributed by atoms with E-state index in [2.05, 4.69) is 13.2 Å². The maximum atomic E-state index is 13.2. The maximum absolute atomic E-state index is 13.2. The van der Waals surface area contributed by atoms with E-state index in [0.717, 1.165) is 24.0 Å². The Labute approximate surface area is 142 Å². The number of carbonyl (C=O) groups is 2. The smallest absolute Gasteiger partial charge is 0.340 e. The molecular formula is C20H24O4. The first kappa shape index (κ1) is 15.8. The summed E-state index contributed by atoms with van der Waals surface area (Å²) >= 11 is 0. The Balaban J connectivity index is 1.97. The predicted octanol–water partition coefficient (Wildman–Crippen LogP) is 2.73. The molecule has 0 aromatic rings. The number of esters is 1. The van der Waals surface area contributed by atoms with E-state index in [4.69, 9.17) is 4.74 Å². The van der Waals surface area contributed by atoms with Crippen LogP contribution < -0.4 is 0 Å². The number of fused-ring (bicyclic) bond motifs is 2. The van der Waals surface area contributed by atoms with Crippen molar-refractivity contribution in [1.82, 2.24) is 0 Å². The fraction of sp³-hybridized carbons (Fsp3) is 0.600. The van der Waals surface area contributed by atoms with Crippen LogP contribution in [0.15, 0.2) is 36.0 Å². The van der Waals surface area contributed by atoms with Crippen molar-refractivity contribution in [3.8, 4) is 0 Å². The number of Topliss-reactive ketones (excluding diaryl/α,β-unsaturated/α-hetero) is 1. The van der Waals surface area contributed by atoms with Crippen LogP contribution in [0.1, 0.15) is 40.0 Å². The molecule has 1 aliphatic heterocycles. The number of allylic oxidation sites excluding steroid dienone is 3. The normalized spacial score (nSPS) is 49.4. The van der Waals surface area contributed by atoms with Crippen molar-refractivity contribution in [3.63, 3.8) is 0 Å². The van der Waals surface area contributed by atoms with Crippen LogP contribution in [0, 0.1) is 23.2 Å². The molecule has 4 rings (SSSR count). The van der Waals surface area contributed by atoms with Crippen LogP contribution in [-0.2, 0) is 14.3 Å². The number of hydrogen-bond acceptors (Lipinski definition) is 4. The van der Waals surface area contributed by atoms with Gasteiger partial charge < -0.3 is 9.84 Å². The third-order valence-electron chi connectivity index (χ3n) is 7.00. The Bertz CT molecular complexity index is 747. The molecule has 0 unspecified atom stereocenters. The van der Waals surface area contributed by atoms with Gasteiger partial charge in [0, 0.05) is 12.3 Å². The molecule has 0 radical (unpaired) electrons. The minimum absolute atomic E-state index is 0.126. The molecule has 0 bridgehead atoms. The van der Waals surface area contributed by atoms with Gasteiger partial charge in [-0.05, 0) is 51.0 Å². The molecule has 0 aromatic heterocycles. The summed E-state index contributed by atoms with van der Waals surface area (Å²) in [6, 6.07) is 0. The van der Waals surface area contributed by atoms with Gasteiger partial charge in [-0.15, -0.1) is 0 Å². The average molecular weight is 328 g/mol. The molecule has 0 aromatic carbocycles. The molecule has 1 heterocycles. The molecule has 1 N–H and O–H groups in total. The van der Waals surface area contributed by atoms with Crippen LogP contribution in [0.3, 0.4) is 0 Å². The highest BCUT2D eigenvalue weighted by molar-refractivity contribution is 6.10. The summed E-state index contributed by atoms with van der Waals surface area (Å²) in [7, 11) is 0. The molecular weight excluding hydrogens is 304 g/mol. The van der Waals surface area contributed by atoms with Crippen molar-refractivity contribution in [2.45, 2.75) is 51.2 Å². The van der Waals surface area contributed by atoms with Gasteiger partial charge in [-0.25, -0.2) is 4.79 Å². The highest BCUT2D eigenvalue weighted by atomic mass is 16.6. The van der Waals surface area contributed by atoms with E-state index in [0.29, 0.717) is 12.0 Å². The van der Waals surface area contributed by atoms with Crippen LogP contribution in [0.4, 0.5) is 0 Å². The van der Waals surface area contributed by atoms with Crippen LogP contribution in [0.25, 0.3) is 0 Å². The largest absolute Gasteiger partial charge is 0.456 e. The van der Waals surface area contributed by atoms with E-state index in [1.54, 1.807) is 13.8 Å². The molecule has 128 valence electrons. The van der Waals surface area contributed by atoms with E-state index < -0.39 is 28.5 Å². The summed E-state index contributed by atoms with van der Waals surface area (Å²) in [5.41, 5.74) is -1.40. The van der Waals surface area contributed by atoms with Gasteiger partial charge in [-0.2, -0.15) is 0 Å². The molecule has 0 amide bonds. The van der Waals surface area contributed by atoms with E-state index >= 15 is 0 Å². The van der Waals surface area contributed by atoms with Crippen LogP contribution >= 0.6 is 0 Å². The second-order valence-corrected chi connectivity index (χ2v) is 8.35. The second kappa shape index (κ2) is 4.29. The molecule has 4 nitrogen and oxygen atoms in total. The summed E-state index contributed by atoms with van der Waals surface area (Å²) in [6.07, 6.45) is 3.94. The highest BCUT2D eigenvalue weighted by Crippen LogP contribution is 2.75. The fourth-order valence-electron chi connectivity index (χ4n) is 5.72. The molecule has 3 fully saturated rings. The predicted molar refractivity (Wildman–Crippen MR) is 88.9 cm³/mol. The Morgan fingerprint density at radius 1 is 1.42 bits per heavy atom. The third-order valence-corrected chi connectivity index (χ3v) is 7.00. The van der Waals surface area contributed by atoms with Crippen LogP contribution in [0.2, 0.25) is 0 Å². The zero-order valence-corrected chi connectivity index (χ0v) is 14.5. The first-order chi connectivity index (χ1) is 11.1. The molecule has 6 atom stereocenters. The van der Waals surface area contributed by atoms with Crippen LogP contribution in [-0.4, -0.2) is 28.1 Å². The minimum atomic E-state index is -1.82. The van der Waals surface area contributed by atoms with Gasteiger partial charge in [0.15, 0.2) is 11.4 Å². The van der Waals surface area contributed by atoms with Crippen molar-refractivity contribution in [2.24, 2.45) is 23.2 Å². The second-order valence-electron chi connectivity index (χ2n) is 8.35. The Morgan fingerprint density at radius 2 is 2.08 bits per heavy atom. The zero-order chi connectivity index (χ0) is 17.7. The van der Waals surface area contributed by atoms with Gasteiger partial charge in [0.05, 0.1) is 0 Å². The molecule has 1 saturated heterocycles. The highest BCUT2D eigenvalue weighted by Gasteiger charge is 2.90. The van der Waals surface area contributed by atoms with Crippen LogP contribution in [0.5, 0.6) is 0 Å². The molecule has 4 heteroatoms. The van der Waals surface area contributed by atoms with Crippen molar-refractivity contribution in [1.29, 1.82) is 0 Å². The maximum Gasteiger partial charge on any atom is 0.340 e. The fourth-order valence-corrected chi connectivity index (χ4v) is 5.72. The number of aliphatic hydroxyl groups is 1.